The van der Waals surface area contributed by atoms with Gasteiger partial charge in [-0.05, 0) is 18.2 Å². The standard InChI is InChI=1S/C9H7ClF4N4/c10-17-8(15)18-16-4-5-1-2-6(3-7(5)11)9(12,13)14/h1-4H,(H3,15,17,18). The van der Waals surface area contributed by atoms with Gasteiger partial charge in [0.2, 0.25) is 5.96 Å². The van der Waals surface area contributed by atoms with Crippen LogP contribution in [0, 0.1) is 5.82 Å². The van der Waals surface area contributed by atoms with Crippen molar-refractivity contribution < 1.29 is 17.6 Å². The van der Waals surface area contributed by atoms with Gasteiger partial charge in [-0.3, -0.25) is 0 Å². The molecule has 98 valence electrons. The average molecular weight is 283 g/mol. The van der Waals surface area contributed by atoms with Gasteiger partial charge in [0.05, 0.1) is 11.8 Å². The third kappa shape index (κ3) is 3.88. The summed E-state index contributed by atoms with van der Waals surface area (Å²) in [4.78, 5) is 0. The normalized spacial score (nSPS) is 13.1. The molecule has 9 heteroatoms. The van der Waals surface area contributed by atoms with Crippen molar-refractivity contribution in [2.75, 3.05) is 0 Å². The highest BCUT2D eigenvalue weighted by Crippen LogP contribution is 2.29. The molecule has 0 aliphatic carbocycles. The molecule has 0 aliphatic rings. The third-order valence-corrected chi connectivity index (χ3v) is 1.98. The Morgan fingerprint density at radius 1 is 1.39 bits per heavy atom. The number of nitrogens with zero attached hydrogens (tertiary/aromatic N) is 2. The first kappa shape index (κ1) is 14.2. The molecule has 0 fully saturated rings. The number of hydrazone groups is 1. The number of rotatable bonds is 2. The number of guanidine groups is 1. The van der Waals surface area contributed by atoms with Crippen LogP contribution in [0.3, 0.4) is 0 Å². The Kier molecular flexibility index (Phi) is 4.49. The zero-order valence-corrected chi connectivity index (χ0v) is 9.43. The van der Waals surface area contributed by atoms with E-state index in [1.54, 1.807) is 0 Å². The maximum Gasteiger partial charge on any atom is 0.416 e. The minimum atomic E-state index is -4.59. The van der Waals surface area contributed by atoms with Crippen molar-refractivity contribution in [3.8, 4) is 0 Å². The summed E-state index contributed by atoms with van der Waals surface area (Å²) in [6.45, 7) is 0. The van der Waals surface area contributed by atoms with Gasteiger partial charge in [-0.15, -0.1) is 4.51 Å². The summed E-state index contributed by atoms with van der Waals surface area (Å²) in [5.41, 5.74) is 6.02. The van der Waals surface area contributed by atoms with E-state index in [1.807, 2.05) is 0 Å². The fourth-order valence-electron chi connectivity index (χ4n) is 0.995. The van der Waals surface area contributed by atoms with Crippen molar-refractivity contribution in [3.63, 3.8) is 0 Å². The Morgan fingerprint density at radius 2 is 2.06 bits per heavy atom. The average Bonchev–Trinajstić information content (AvgIpc) is 2.29. The molecule has 0 bridgehead atoms. The smallest absolute Gasteiger partial charge is 0.367 e. The minimum absolute atomic E-state index is 0.141. The SMILES string of the molecule is N/C(=N\Cl)NN=Cc1ccc(C(F)(F)F)cc1F. The summed E-state index contributed by atoms with van der Waals surface area (Å²) < 4.78 is 53.0. The van der Waals surface area contributed by atoms with E-state index in [0.717, 1.165) is 18.3 Å². The van der Waals surface area contributed by atoms with E-state index in [9.17, 15) is 17.6 Å². The molecule has 0 unspecified atom stereocenters. The van der Waals surface area contributed by atoms with E-state index in [-0.39, 0.29) is 11.5 Å². The lowest BCUT2D eigenvalue weighted by molar-refractivity contribution is -0.137. The second kappa shape index (κ2) is 5.67. The molecule has 0 heterocycles. The summed E-state index contributed by atoms with van der Waals surface area (Å²) in [5, 5.41) is 3.43. The van der Waals surface area contributed by atoms with E-state index >= 15 is 0 Å². The Balaban J connectivity index is 2.87. The van der Waals surface area contributed by atoms with Crippen LogP contribution in [0.25, 0.3) is 0 Å². The van der Waals surface area contributed by atoms with Crippen molar-refractivity contribution in [1.29, 1.82) is 0 Å². The highest BCUT2D eigenvalue weighted by molar-refractivity contribution is 6.19. The van der Waals surface area contributed by atoms with Crippen molar-refractivity contribution >= 4 is 24.0 Å². The number of nitrogens with one attached hydrogen (secondary N) is 1. The lowest BCUT2D eigenvalue weighted by Crippen LogP contribution is -2.26. The summed E-state index contributed by atoms with van der Waals surface area (Å²) in [5.74, 6) is -1.29. The molecule has 0 saturated carbocycles. The second-order valence-corrected chi connectivity index (χ2v) is 3.24. The molecule has 0 saturated heterocycles. The van der Waals surface area contributed by atoms with Crippen LogP contribution in [0.4, 0.5) is 17.6 Å². The van der Waals surface area contributed by atoms with Crippen LogP contribution in [0.5, 0.6) is 0 Å². The van der Waals surface area contributed by atoms with Gasteiger partial charge in [0.15, 0.2) is 0 Å². The maximum atomic E-state index is 13.3. The van der Waals surface area contributed by atoms with Crippen LogP contribution in [0.1, 0.15) is 11.1 Å². The molecule has 1 aromatic carbocycles. The maximum absolute atomic E-state index is 13.3. The van der Waals surface area contributed by atoms with Crippen LogP contribution in [-0.2, 0) is 6.18 Å². The molecule has 0 amide bonds. The van der Waals surface area contributed by atoms with Gasteiger partial charge in [-0.25, -0.2) is 9.82 Å². The molecular formula is C9H7ClF4N4. The number of alkyl halides is 3. The van der Waals surface area contributed by atoms with Gasteiger partial charge in [-0.2, -0.15) is 18.3 Å². The Bertz CT molecular complexity index is 484. The summed E-state index contributed by atoms with van der Waals surface area (Å²) in [6, 6.07) is 2.06. The minimum Gasteiger partial charge on any atom is -0.367 e. The first-order valence-electron chi connectivity index (χ1n) is 4.45. The van der Waals surface area contributed by atoms with Crippen molar-refractivity contribution in [2.24, 2.45) is 15.3 Å². The topological polar surface area (TPSA) is 62.8 Å². The van der Waals surface area contributed by atoms with E-state index in [2.05, 4.69) is 15.0 Å². The number of nitrogens with two attached hydrogens (primary N) is 1. The van der Waals surface area contributed by atoms with E-state index in [4.69, 9.17) is 17.5 Å². The number of hydrogen-bond acceptors (Lipinski definition) is 2. The second-order valence-electron chi connectivity index (χ2n) is 3.07. The predicted molar refractivity (Wildman–Crippen MR) is 59.6 cm³/mol. The number of hydrogen-bond donors (Lipinski definition) is 2. The highest BCUT2D eigenvalue weighted by Gasteiger charge is 2.30. The highest BCUT2D eigenvalue weighted by atomic mass is 35.5. The number of halogens is 5. The monoisotopic (exact) mass is 282 g/mol. The van der Waals surface area contributed by atoms with Gasteiger partial charge < -0.3 is 5.73 Å². The Morgan fingerprint density at radius 3 is 2.56 bits per heavy atom. The Labute approximate surface area is 104 Å². The lowest BCUT2D eigenvalue weighted by atomic mass is 10.1. The molecule has 0 atom stereocenters. The Hall–Kier alpha value is -1.83. The quantitative estimate of drug-likeness (QED) is 0.378. The van der Waals surface area contributed by atoms with Crippen LogP contribution in [0.2, 0.25) is 0 Å². The summed E-state index contributed by atoms with van der Waals surface area (Å²) in [7, 11) is 0. The van der Waals surface area contributed by atoms with Gasteiger partial charge in [0.25, 0.3) is 0 Å². The first-order chi connectivity index (χ1) is 8.34. The van der Waals surface area contributed by atoms with Gasteiger partial charge in [-0.1, -0.05) is 0 Å². The van der Waals surface area contributed by atoms with Gasteiger partial charge in [0, 0.05) is 17.3 Å². The van der Waals surface area contributed by atoms with E-state index < -0.39 is 17.6 Å². The first-order valence-corrected chi connectivity index (χ1v) is 4.78. The van der Waals surface area contributed by atoms with Gasteiger partial charge >= 0.3 is 6.18 Å². The van der Waals surface area contributed by atoms with E-state index in [1.165, 1.54) is 0 Å². The third-order valence-electron chi connectivity index (χ3n) is 1.80. The van der Waals surface area contributed by atoms with Crippen molar-refractivity contribution in [3.05, 3.63) is 35.1 Å². The molecule has 1 rings (SSSR count). The lowest BCUT2D eigenvalue weighted by Gasteiger charge is -2.07. The molecule has 0 radical (unpaired) electrons. The van der Waals surface area contributed by atoms with Crippen LogP contribution >= 0.6 is 11.8 Å². The zero-order chi connectivity index (χ0) is 13.8. The largest absolute Gasteiger partial charge is 0.416 e. The molecule has 4 nitrogen and oxygen atoms in total. The molecule has 0 aliphatic heterocycles. The fourth-order valence-corrected chi connectivity index (χ4v) is 1.03. The number of benzene rings is 1. The molecular weight excluding hydrogens is 276 g/mol. The molecule has 18 heavy (non-hydrogen) atoms. The zero-order valence-electron chi connectivity index (χ0n) is 8.67. The van der Waals surface area contributed by atoms with Crippen molar-refractivity contribution in [1.82, 2.24) is 5.43 Å². The van der Waals surface area contributed by atoms with Crippen LogP contribution in [-0.4, -0.2) is 12.2 Å². The predicted octanol–water partition coefficient (Wildman–Crippen LogP) is 2.24. The fraction of sp³-hybridized carbons (Fsp3) is 0.111. The summed E-state index contributed by atoms with van der Waals surface area (Å²) >= 11 is 4.96. The van der Waals surface area contributed by atoms with Crippen LogP contribution in [0.15, 0.2) is 27.8 Å². The molecule has 0 spiro atoms. The molecule has 1 aromatic rings. The van der Waals surface area contributed by atoms with E-state index in [0.29, 0.717) is 6.07 Å². The summed E-state index contributed by atoms with van der Waals surface area (Å²) in [6.07, 6.45) is -3.64. The van der Waals surface area contributed by atoms with Crippen molar-refractivity contribution in [2.45, 2.75) is 6.18 Å². The molecule has 3 N–H and O–H groups in total. The molecule has 0 aromatic heterocycles. The van der Waals surface area contributed by atoms with Crippen LogP contribution < -0.4 is 11.2 Å². The van der Waals surface area contributed by atoms with Gasteiger partial charge in [0.1, 0.15) is 5.82 Å².